The van der Waals surface area contributed by atoms with Gasteiger partial charge in [0.2, 0.25) is 0 Å². The van der Waals surface area contributed by atoms with E-state index in [1.807, 2.05) is 6.92 Å². The molecule has 1 aromatic carbocycles. The SMILES string of the molecule is CCc1ccc(S(=O)(=O)Nc2onc(C)c2Br)cc1. The van der Waals surface area contributed by atoms with E-state index in [2.05, 4.69) is 25.8 Å². The van der Waals surface area contributed by atoms with Crippen molar-refractivity contribution in [2.45, 2.75) is 25.2 Å². The van der Waals surface area contributed by atoms with Gasteiger partial charge in [0.05, 0.1) is 10.6 Å². The van der Waals surface area contributed by atoms with Crippen LogP contribution in [0.1, 0.15) is 18.2 Å². The van der Waals surface area contributed by atoms with Gasteiger partial charge in [0.15, 0.2) is 0 Å². The van der Waals surface area contributed by atoms with E-state index in [4.69, 9.17) is 4.52 Å². The van der Waals surface area contributed by atoms with Crippen LogP contribution in [-0.2, 0) is 16.4 Å². The molecule has 2 rings (SSSR count). The van der Waals surface area contributed by atoms with Gasteiger partial charge in [-0.05, 0) is 47.0 Å². The molecule has 0 fully saturated rings. The second-order valence-corrected chi connectivity index (χ2v) is 6.49. The summed E-state index contributed by atoms with van der Waals surface area (Å²) in [6, 6.07) is 6.71. The Labute approximate surface area is 120 Å². The van der Waals surface area contributed by atoms with E-state index in [-0.39, 0.29) is 10.8 Å². The maximum atomic E-state index is 12.1. The van der Waals surface area contributed by atoms with Crippen molar-refractivity contribution in [1.29, 1.82) is 0 Å². The number of anilines is 1. The van der Waals surface area contributed by atoms with Crippen molar-refractivity contribution in [3.63, 3.8) is 0 Å². The number of nitrogens with zero attached hydrogens (tertiary/aromatic N) is 1. The zero-order valence-electron chi connectivity index (χ0n) is 10.5. The highest BCUT2D eigenvalue weighted by atomic mass is 79.9. The van der Waals surface area contributed by atoms with E-state index in [1.165, 1.54) is 0 Å². The average Bonchev–Trinajstić information content (AvgIpc) is 2.70. The standard InChI is InChI=1S/C12H13BrN2O3S/c1-3-9-4-6-10(7-5-9)19(16,17)15-12-11(13)8(2)14-18-12/h4-7,15H,3H2,1-2H3. The van der Waals surface area contributed by atoms with Gasteiger partial charge in [-0.1, -0.05) is 24.2 Å². The Morgan fingerprint density at radius 3 is 2.42 bits per heavy atom. The second kappa shape index (κ2) is 5.34. The van der Waals surface area contributed by atoms with E-state index in [0.29, 0.717) is 10.2 Å². The van der Waals surface area contributed by atoms with Crippen molar-refractivity contribution in [3.8, 4) is 0 Å². The molecule has 0 spiro atoms. The summed E-state index contributed by atoms with van der Waals surface area (Å²) in [4.78, 5) is 0.186. The van der Waals surface area contributed by atoms with Gasteiger partial charge in [-0.3, -0.25) is 0 Å². The molecular formula is C12H13BrN2O3S. The minimum atomic E-state index is -3.66. The number of hydrogen-bond acceptors (Lipinski definition) is 4. The number of benzene rings is 1. The van der Waals surface area contributed by atoms with E-state index >= 15 is 0 Å². The molecule has 1 N–H and O–H groups in total. The Morgan fingerprint density at radius 1 is 1.32 bits per heavy atom. The molecule has 2 aromatic rings. The molecule has 0 radical (unpaired) electrons. The summed E-state index contributed by atoms with van der Waals surface area (Å²) in [6.45, 7) is 3.72. The number of nitrogens with one attached hydrogen (secondary N) is 1. The molecule has 7 heteroatoms. The fourth-order valence-electron chi connectivity index (χ4n) is 1.51. The largest absolute Gasteiger partial charge is 0.336 e. The Hall–Kier alpha value is -1.34. The lowest BCUT2D eigenvalue weighted by atomic mass is 10.2. The predicted molar refractivity (Wildman–Crippen MR) is 75.6 cm³/mol. The topological polar surface area (TPSA) is 72.2 Å². The minimum absolute atomic E-state index is 0.0806. The van der Waals surface area contributed by atoms with E-state index in [9.17, 15) is 8.42 Å². The van der Waals surface area contributed by atoms with Crippen LogP contribution >= 0.6 is 15.9 Å². The van der Waals surface area contributed by atoms with Gasteiger partial charge in [0, 0.05) is 0 Å². The molecule has 5 nitrogen and oxygen atoms in total. The van der Waals surface area contributed by atoms with Crippen LogP contribution in [0.3, 0.4) is 0 Å². The first kappa shape index (κ1) is 14.1. The van der Waals surface area contributed by atoms with Crippen molar-refractivity contribution in [2.24, 2.45) is 0 Å². The molecular weight excluding hydrogens is 332 g/mol. The number of halogens is 1. The van der Waals surface area contributed by atoms with Gasteiger partial charge in [-0.2, -0.15) is 0 Å². The van der Waals surface area contributed by atoms with Crippen LogP contribution < -0.4 is 4.72 Å². The fraction of sp³-hybridized carbons (Fsp3) is 0.250. The molecule has 0 aliphatic carbocycles. The summed E-state index contributed by atoms with van der Waals surface area (Å²) < 4.78 is 32.1. The Balaban J connectivity index is 2.29. The van der Waals surface area contributed by atoms with Gasteiger partial charge in [-0.15, -0.1) is 0 Å². The average molecular weight is 345 g/mol. The summed E-state index contributed by atoms with van der Waals surface area (Å²) in [7, 11) is -3.66. The number of hydrogen-bond donors (Lipinski definition) is 1. The van der Waals surface area contributed by atoms with Crippen molar-refractivity contribution < 1.29 is 12.9 Å². The molecule has 1 aromatic heterocycles. The molecule has 0 amide bonds. The highest BCUT2D eigenvalue weighted by Gasteiger charge is 2.19. The lowest BCUT2D eigenvalue weighted by Crippen LogP contribution is -2.12. The van der Waals surface area contributed by atoms with Gasteiger partial charge in [0.1, 0.15) is 4.47 Å². The molecule has 0 aliphatic rings. The molecule has 102 valence electrons. The summed E-state index contributed by atoms with van der Waals surface area (Å²) >= 11 is 3.22. The van der Waals surface area contributed by atoms with Crippen LogP contribution in [0.25, 0.3) is 0 Å². The third kappa shape index (κ3) is 2.98. The number of rotatable bonds is 4. The van der Waals surface area contributed by atoms with Gasteiger partial charge in [0.25, 0.3) is 15.9 Å². The lowest BCUT2D eigenvalue weighted by molar-refractivity contribution is 0.430. The van der Waals surface area contributed by atoms with E-state index in [1.54, 1.807) is 31.2 Å². The number of sulfonamides is 1. The van der Waals surface area contributed by atoms with Crippen molar-refractivity contribution in [3.05, 3.63) is 40.0 Å². The number of aromatic nitrogens is 1. The van der Waals surface area contributed by atoms with E-state index < -0.39 is 10.0 Å². The predicted octanol–water partition coefficient (Wildman–Crippen LogP) is 3.11. The van der Waals surface area contributed by atoms with E-state index in [0.717, 1.165) is 12.0 Å². The first-order valence-electron chi connectivity index (χ1n) is 5.67. The quantitative estimate of drug-likeness (QED) is 0.924. The molecule has 0 atom stereocenters. The molecule has 0 saturated heterocycles. The fourth-order valence-corrected chi connectivity index (χ4v) is 2.88. The Morgan fingerprint density at radius 2 is 1.95 bits per heavy atom. The first-order valence-corrected chi connectivity index (χ1v) is 7.95. The van der Waals surface area contributed by atoms with Crippen LogP contribution in [0.5, 0.6) is 0 Å². The normalized spacial score (nSPS) is 11.5. The molecule has 1 heterocycles. The van der Waals surface area contributed by atoms with Crippen molar-refractivity contribution in [1.82, 2.24) is 5.16 Å². The third-order valence-corrected chi connectivity index (χ3v) is 4.94. The van der Waals surface area contributed by atoms with Crippen molar-refractivity contribution >= 4 is 31.8 Å². The van der Waals surface area contributed by atoms with Crippen LogP contribution in [0.2, 0.25) is 0 Å². The van der Waals surface area contributed by atoms with Gasteiger partial charge < -0.3 is 4.52 Å². The summed E-state index contributed by atoms with van der Waals surface area (Å²) in [6.07, 6.45) is 0.862. The van der Waals surface area contributed by atoms with Crippen LogP contribution in [0.15, 0.2) is 38.2 Å². The summed E-state index contributed by atoms with van der Waals surface area (Å²) in [5, 5.41) is 3.67. The minimum Gasteiger partial charge on any atom is -0.336 e. The van der Waals surface area contributed by atoms with Gasteiger partial charge >= 0.3 is 0 Å². The Kier molecular flexibility index (Phi) is 3.96. The second-order valence-electron chi connectivity index (χ2n) is 4.01. The molecule has 0 unspecified atom stereocenters. The number of aryl methyl sites for hydroxylation is 2. The molecule has 0 saturated carbocycles. The third-order valence-electron chi connectivity index (χ3n) is 2.66. The highest BCUT2D eigenvalue weighted by Crippen LogP contribution is 2.27. The first-order chi connectivity index (χ1) is 8.94. The molecule has 0 bridgehead atoms. The monoisotopic (exact) mass is 344 g/mol. The van der Waals surface area contributed by atoms with Crippen LogP contribution in [-0.4, -0.2) is 13.6 Å². The summed E-state index contributed by atoms with van der Waals surface area (Å²) in [5.74, 6) is 0.0806. The van der Waals surface area contributed by atoms with Crippen LogP contribution in [0.4, 0.5) is 5.88 Å². The zero-order valence-corrected chi connectivity index (χ0v) is 12.9. The van der Waals surface area contributed by atoms with Crippen LogP contribution in [0, 0.1) is 6.92 Å². The van der Waals surface area contributed by atoms with Gasteiger partial charge in [-0.25, -0.2) is 13.1 Å². The zero-order chi connectivity index (χ0) is 14.0. The molecule has 0 aliphatic heterocycles. The Bertz CT molecular complexity index is 678. The maximum Gasteiger partial charge on any atom is 0.264 e. The summed E-state index contributed by atoms with van der Waals surface area (Å²) in [5.41, 5.74) is 1.66. The maximum absolute atomic E-state index is 12.1. The smallest absolute Gasteiger partial charge is 0.264 e. The molecule has 19 heavy (non-hydrogen) atoms. The lowest BCUT2D eigenvalue weighted by Gasteiger charge is -2.06. The highest BCUT2D eigenvalue weighted by molar-refractivity contribution is 9.10. The van der Waals surface area contributed by atoms with Crippen molar-refractivity contribution in [2.75, 3.05) is 4.72 Å².